The van der Waals surface area contributed by atoms with Gasteiger partial charge in [-0.2, -0.15) is 13.2 Å². The molecule has 2 N–H and O–H groups in total. The van der Waals surface area contributed by atoms with Crippen LogP contribution in [0.3, 0.4) is 0 Å². The third-order valence-electron chi connectivity index (χ3n) is 2.79. The largest absolute Gasteiger partial charge is 0.405 e. The van der Waals surface area contributed by atoms with E-state index in [0.29, 0.717) is 6.07 Å². The summed E-state index contributed by atoms with van der Waals surface area (Å²) in [5.74, 6) is -2.39. The van der Waals surface area contributed by atoms with Crippen LogP contribution in [0.1, 0.15) is 25.5 Å². The fourth-order valence-corrected chi connectivity index (χ4v) is 1.73. The molecule has 0 saturated carbocycles. The average Bonchev–Trinajstić information content (AvgIpc) is 2.34. The van der Waals surface area contributed by atoms with E-state index in [-0.39, 0.29) is 5.56 Å². The van der Waals surface area contributed by atoms with Crippen molar-refractivity contribution < 1.29 is 26.7 Å². The quantitative estimate of drug-likeness (QED) is 0.821. The maximum atomic E-state index is 13.5. The SMILES string of the molecule is CC(NC(C)c1ccc(F)cc1F)C(=O)NCC(F)(F)F. The van der Waals surface area contributed by atoms with Crippen LogP contribution >= 0.6 is 0 Å². The molecule has 1 aromatic rings. The number of carbonyl (C=O) groups is 1. The van der Waals surface area contributed by atoms with E-state index in [2.05, 4.69) is 5.32 Å². The van der Waals surface area contributed by atoms with E-state index in [1.807, 2.05) is 0 Å². The minimum atomic E-state index is -4.50. The highest BCUT2D eigenvalue weighted by Crippen LogP contribution is 2.18. The third kappa shape index (κ3) is 5.66. The van der Waals surface area contributed by atoms with Crippen LogP contribution in [0.25, 0.3) is 0 Å². The second-order valence-corrected chi connectivity index (χ2v) is 4.61. The van der Waals surface area contributed by atoms with Gasteiger partial charge in [0.1, 0.15) is 18.2 Å². The summed E-state index contributed by atoms with van der Waals surface area (Å²) in [4.78, 5) is 11.5. The molecular formula is C13H15F5N2O. The number of carbonyl (C=O) groups excluding carboxylic acids is 1. The summed E-state index contributed by atoms with van der Waals surface area (Å²) in [7, 11) is 0. The fourth-order valence-electron chi connectivity index (χ4n) is 1.73. The van der Waals surface area contributed by atoms with Crippen molar-refractivity contribution in [1.29, 1.82) is 0 Å². The predicted octanol–water partition coefficient (Wildman–Crippen LogP) is 2.68. The van der Waals surface area contributed by atoms with E-state index in [1.165, 1.54) is 19.9 Å². The summed E-state index contributed by atoms with van der Waals surface area (Å²) < 4.78 is 62.2. The van der Waals surface area contributed by atoms with Gasteiger partial charge in [0.05, 0.1) is 6.04 Å². The first-order valence-electron chi connectivity index (χ1n) is 6.15. The molecule has 0 fully saturated rings. The lowest BCUT2D eigenvalue weighted by atomic mass is 10.1. The van der Waals surface area contributed by atoms with E-state index in [4.69, 9.17) is 0 Å². The molecule has 1 amide bonds. The summed E-state index contributed by atoms with van der Waals surface area (Å²) in [6.45, 7) is 1.44. The Balaban J connectivity index is 2.61. The lowest BCUT2D eigenvalue weighted by Crippen LogP contribution is -2.46. The molecule has 21 heavy (non-hydrogen) atoms. The molecule has 0 saturated heterocycles. The van der Waals surface area contributed by atoms with Gasteiger partial charge in [-0.25, -0.2) is 8.78 Å². The van der Waals surface area contributed by atoms with Crippen LogP contribution in [0.2, 0.25) is 0 Å². The van der Waals surface area contributed by atoms with E-state index in [1.54, 1.807) is 5.32 Å². The molecule has 0 radical (unpaired) electrons. The summed E-state index contributed by atoms with van der Waals surface area (Å²) in [5.41, 5.74) is 0.117. The van der Waals surface area contributed by atoms with E-state index in [0.717, 1.165) is 6.07 Å². The molecule has 0 aromatic heterocycles. The van der Waals surface area contributed by atoms with Gasteiger partial charge >= 0.3 is 6.18 Å². The second-order valence-electron chi connectivity index (χ2n) is 4.61. The van der Waals surface area contributed by atoms with Crippen LogP contribution in [0.5, 0.6) is 0 Å². The van der Waals surface area contributed by atoms with E-state index >= 15 is 0 Å². The number of benzene rings is 1. The van der Waals surface area contributed by atoms with Gasteiger partial charge in [0.25, 0.3) is 0 Å². The molecule has 0 aliphatic carbocycles. The van der Waals surface area contributed by atoms with Crippen LogP contribution in [0.4, 0.5) is 22.0 Å². The number of halogens is 5. The molecule has 0 heterocycles. The Morgan fingerprint density at radius 2 is 1.86 bits per heavy atom. The normalized spacial score (nSPS) is 14.6. The van der Waals surface area contributed by atoms with Crippen LogP contribution in [-0.4, -0.2) is 24.7 Å². The first kappa shape index (κ1) is 17.4. The number of hydrogen-bond acceptors (Lipinski definition) is 2. The van der Waals surface area contributed by atoms with Gasteiger partial charge in [0, 0.05) is 17.7 Å². The standard InChI is InChI=1S/C13H15F5N2O/c1-7(10-4-3-9(14)5-11(10)15)20-8(2)12(21)19-6-13(16,17)18/h3-5,7-8,20H,6H2,1-2H3,(H,19,21). The highest BCUT2D eigenvalue weighted by molar-refractivity contribution is 5.81. The number of amides is 1. The minimum absolute atomic E-state index is 0.117. The smallest absolute Gasteiger partial charge is 0.346 e. The molecule has 118 valence electrons. The number of hydrogen-bond donors (Lipinski definition) is 2. The zero-order valence-corrected chi connectivity index (χ0v) is 11.4. The Morgan fingerprint density at radius 3 is 2.38 bits per heavy atom. The van der Waals surface area contributed by atoms with Crippen LogP contribution in [-0.2, 0) is 4.79 Å². The van der Waals surface area contributed by atoms with Gasteiger partial charge in [-0.1, -0.05) is 6.07 Å². The number of nitrogens with one attached hydrogen (secondary N) is 2. The maximum Gasteiger partial charge on any atom is 0.405 e. The molecule has 2 atom stereocenters. The molecule has 8 heteroatoms. The van der Waals surface area contributed by atoms with Gasteiger partial charge < -0.3 is 5.32 Å². The molecular weight excluding hydrogens is 295 g/mol. The fraction of sp³-hybridized carbons (Fsp3) is 0.462. The number of alkyl halides is 3. The van der Waals surface area contributed by atoms with Gasteiger partial charge in [0.15, 0.2) is 0 Å². The van der Waals surface area contributed by atoms with Crippen molar-refractivity contribution in [3.8, 4) is 0 Å². The highest BCUT2D eigenvalue weighted by atomic mass is 19.4. The summed E-state index contributed by atoms with van der Waals surface area (Å²) in [6.07, 6.45) is -4.50. The maximum absolute atomic E-state index is 13.5. The van der Waals surface area contributed by atoms with Crippen LogP contribution in [0.15, 0.2) is 18.2 Å². The molecule has 0 spiro atoms. The molecule has 1 rings (SSSR count). The van der Waals surface area contributed by atoms with Crippen molar-refractivity contribution in [3.63, 3.8) is 0 Å². The molecule has 2 unspecified atom stereocenters. The second kappa shape index (κ2) is 6.84. The summed E-state index contributed by atoms with van der Waals surface area (Å²) in [5, 5.41) is 4.37. The first-order valence-corrected chi connectivity index (χ1v) is 6.15. The lowest BCUT2D eigenvalue weighted by molar-refractivity contribution is -0.139. The Morgan fingerprint density at radius 1 is 1.24 bits per heavy atom. The van der Waals surface area contributed by atoms with Crippen LogP contribution in [0, 0.1) is 11.6 Å². The van der Waals surface area contributed by atoms with Crippen molar-refractivity contribution in [1.82, 2.24) is 10.6 Å². The van der Waals surface area contributed by atoms with Crippen molar-refractivity contribution in [2.75, 3.05) is 6.54 Å². The van der Waals surface area contributed by atoms with E-state index in [9.17, 15) is 26.7 Å². The Hall–Kier alpha value is -1.70. The van der Waals surface area contributed by atoms with Crippen molar-refractivity contribution in [2.24, 2.45) is 0 Å². The van der Waals surface area contributed by atoms with Crippen molar-refractivity contribution >= 4 is 5.91 Å². The Bertz CT molecular complexity index is 504. The average molecular weight is 310 g/mol. The zero-order valence-electron chi connectivity index (χ0n) is 11.4. The highest BCUT2D eigenvalue weighted by Gasteiger charge is 2.29. The topological polar surface area (TPSA) is 41.1 Å². The Labute approximate surface area is 118 Å². The molecule has 3 nitrogen and oxygen atoms in total. The van der Waals surface area contributed by atoms with Crippen molar-refractivity contribution in [3.05, 3.63) is 35.4 Å². The van der Waals surface area contributed by atoms with Gasteiger partial charge in [-0.3, -0.25) is 10.1 Å². The molecule has 0 bridgehead atoms. The molecule has 0 aliphatic rings. The molecule has 1 aromatic carbocycles. The third-order valence-corrected chi connectivity index (χ3v) is 2.79. The summed E-state index contributed by atoms with van der Waals surface area (Å²) >= 11 is 0. The Kier molecular flexibility index (Phi) is 5.65. The van der Waals surface area contributed by atoms with Crippen molar-refractivity contribution in [2.45, 2.75) is 32.1 Å². The van der Waals surface area contributed by atoms with Gasteiger partial charge in [-0.15, -0.1) is 0 Å². The monoisotopic (exact) mass is 310 g/mol. The van der Waals surface area contributed by atoms with Gasteiger partial charge in [-0.05, 0) is 19.9 Å². The van der Waals surface area contributed by atoms with Crippen LogP contribution < -0.4 is 10.6 Å². The minimum Gasteiger partial charge on any atom is -0.346 e. The lowest BCUT2D eigenvalue weighted by Gasteiger charge is -2.20. The van der Waals surface area contributed by atoms with E-state index < -0.39 is 42.3 Å². The predicted molar refractivity (Wildman–Crippen MR) is 66.4 cm³/mol. The first-order chi connectivity index (χ1) is 9.60. The molecule has 0 aliphatic heterocycles. The zero-order chi connectivity index (χ0) is 16.2. The summed E-state index contributed by atoms with van der Waals surface area (Å²) in [6, 6.07) is 1.33. The number of rotatable bonds is 5. The van der Waals surface area contributed by atoms with Gasteiger partial charge in [0.2, 0.25) is 5.91 Å².